The molecule has 3 aromatic heterocycles. The van der Waals surface area contributed by atoms with E-state index in [1.165, 1.54) is 19.2 Å². The Morgan fingerprint density at radius 1 is 1.09 bits per heavy atom. The van der Waals surface area contributed by atoms with Crippen molar-refractivity contribution in [1.29, 1.82) is 5.26 Å². The van der Waals surface area contributed by atoms with E-state index in [9.17, 15) is 26.4 Å². The molecule has 0 spiro atoms. The van der Waals surface area contributed by atoms with Crippen molar-refractivity contribution in [3.05, 3.63) is 76.5 Å². The Morgan fingerprint density at radius 3 is 2.39 bits per heavy atom. The van der Waals surface area contributed by atoms with Crippen molar-refractivity contribution in [3.8, 4) is 23.0 Å². The number of rotatable bonds is 4. The summed E-state index contributed by atoms with van der Waals surface area (Å²) in [5.41, 5.74) is -0.751. The number of sulfone groups is 1. The van der Waals surface area contributed by atoms with E-state index in [1.54, 1.807) is 24.3 Å². The Hall–Kier alpha value is -3.98. The van der Waals surface area contributed by atoms with Crippen LogP contribution in [0.2, 0.25) is 0 Å². The van der Waals surface area contributed by atoms with E-state index in [0.717, 1.165) is 12.1 Å². The number of alkyl halides is 3. The Balaban J connectivity index is 1.93. The summed E-state index contributed by atoms with van der Waals surface area (Å²) >= 11 is 0. The van der Waals surface area contributed by atoms with Crippen molar-refractivity contribution >= 4 is 15.5 Å². The van der Waals surface area contributed by atoms with Gasteiger partial charge in [0.25, 0.3) is 0 Å². The summed E-state index contributed by atoms with van der Waals surface area (Å²) in [5.74, 6) is -0.629. The summed E-state index contributed by atoms with van der Waals surface area (Å²) in [7, 11) is -3.91. The topological polar surface area (TPSA) is 110 Å². The van der Waals surface area contributed by atoms with Gasteiger partial charge in [-0.1, -0.05) is 19.1 Å². The third-order valence-corrected chi connectivity index (χ3v) is 6.67. The summed E-state index contributed by atoms with van der Waals surface area (Å²) in [6.45, 7) is 1.41. The van der Waals surface area contributed by atoms with Crippen LogP contribution in [0.5, 0.6) is 0 Å². The molecular weight excluding hydrogens is 459 g/mol. The van der Waals surface area contributed by atoms with Crippen LogP contribution in [0.1, 0.15) is 18.1 Å². The van der Waals surface area contributed by atoms with Crippen LogP contribution in [0.4, 0.5) is 13.2 Å². The van der Waals surface area contributed by atoms with Crippen molar-refractivity contribution in [2.45, 2.75) is 18.0 Å². The normalized spacial score (nSPS) is 12.1. The Bertz CT molecular complexity index is 1580. The first-order valence-corrected chi connectivity index (χ1v) is 11.1. The highest BCUT2D eigenvalue weighted by Gasteiger charge is 2.31. The predicted molar refractivity (Wildman–Crippen MR) is 111 cm³/mol. The van der Waals surface area contributed by atoms with Gasteiger partial charge in [0.1, 0.15) is 4.90 Å². The van der Waals surface area contributed by atoms with Crippen molar-refractivity contribution in [3.63, 3.8) is 0 Å². The second-order valence-electron chi connectivity index (χ2n) is 6.98. The molecule has 0 aliphatic carbocycles. The quantitative estimate of drug-likeness (QED) is 0.450. The van der Waals surface area contributed by atoms with E-state index in [-0.39, 0.29) is 22.1 Å². The summed E-state index contributed by atoms with van der Waals surface area (Å²) < 4.78 is 66.1. The molecule has 0 aliphatic rings. The van der Waals surface area contributed by atoms with Crippen LogP contribution in [0.3, 0.4) is 0 Å². The summed E-state index contributed by atoms with van der Waals surface area (Å²) in [6.07, 6.45) is -2.75. The van der Waals surface area contributed by atoms with E-state index < -0.39 is 27.3 Å². The maximum absolute atomic E-state index is 13.0. The second-order valence-corrected chi connectivity index (χ2v) is 9.22. The summed E-state index contributed by atoms with van der Waals surface area (Å²) in [4.78, 5) is 16.7. The van der Waals surface area contributed by atoms with Gasteiger partial charge in [-0.05, 0) is 35.9 Å². The van der Waals surface area contributed by atoms with Gasteiger partial charge in [0.05, 0.1) is 22.9 Å². The summed E-state index contributed by atoms with van der Waals surface area (Å²) in [6, 6.07) is 11.4. The average Bonchev–Trinajstić information content (AvgIpc) is 3.14. The van der Waals surface area contributed by atoms with Crippen molar-refractivity contribution < 1.29 is 21.6 Å². The van der Waals surface area contributed by atoms with Crippen LogP contribution < -0.4 is 5.69 Å². The fourth-order valence-corrected chi connectivity index (χ4v) is 4.19. The average molecular weight is 473 g/mol. The van der Waals surface area contributed by atoms with Crippen LogP contribution in [0.25, 0.3) is 22.6 Å². The molecule has 0 N–H and O–H groups in total. The van der Waals surface area contributed by atoms with Gasteiger partial charge in [0.2, 0.25) is 0 Å². The van der Waals surface area contributed by atoms with Gasteiger partial charge in [-0.2, -0.15) is 23.1 Å². The molecule has 0 aliphatic heterocycles. The predicted octanol–water partition coefficient (Wildman–Crippen LogP) is 3.23. The number of aromatic nitrogens is 4. The van der Waals surface area contributed by atoms with E-state index >= 15 is 0 Å². The molecule has 33 heavy (non-hydrogen) atoms. The smallest absolute Gasteiger partial charge is 0.249 e. The van der Waals surface area contributed by atoms with Gasteiger partial charge in [0, 0.05) is 18.0 Å². The van der Waals surface area contributed by atoms with Crippen LogP contribution in [0, 0.1) is 11.3 Å². The number of nitrogens with zero attached hydrogens (tertiary/aromatic N) is 5. The molecular formula is C21H14F3N5O3S. The van der Waals surface area contributed by atoms with Crippen LogP contribution >= 0.6 is 0 Å². The van der Waals surface area contributed by atoms with E-state index in [1.807, 2.05) is 6.07 Å². The SMILES string of the molecule is CCS(=O)(=O)c1cc(-c2ccc(C#N)cc2)cnc1-n1nc2ccc(C(F)(F)F)cn2c1=O. The van der Waals surface area contributed by atoms with E-state index in [4.69, 9.17) is 5.26 Å². The van der Waals surface area contributed by atoms with Gasteiger partial charge in [-0.25, -0.2) is 22.6 Å². The number of hydrogen-bond donors (Lipinski definition) is 0. The van der Waals surface area contributed by atoms with Gasteiger partial charge in [-0.15, -0.1) is 5.10 Å². The van der Waals surface area contributed by atoms with Gasteiger partial charge in [0.15, 0.2) is 21.3 Å². The molecule has 3 heterocycles. The number of pyridine rings is 2. The lowest BCUT2D eigenvalue weighted by Gasteiger charge is -2.10. The monoisotopic (exact) mass is 473 g/mol. The molecule has 0 atom stereocenters. The molecule has 1 aromatic carbocycles. The molecule has 168 valence electrons. The summed E-state index contributed by atoms with van der Waals surface area (Å²) in [5, 5.41) is 12.9. The lowest BCUT2D eigenvalue weighted by Crippen LogP contribution is -2.23. The number of fused-ring (bicyclic) bond motifs is 1. The maximum Gasteiger partial charge on any atom is 0.417 e. The molecule has 8 nitrogen and oxygen atoms in total. The molecule has 4 rings (SSSR count). The number of halogens is 3. The van der Waals surface area contributed by atoms with E-state index in [2.05, 4.69) is 10.1 Å². The number of nitriles is 1. The minimum Gasteiger partial charge on any atom is -0.249 e. The van der Waals surface area contributed by atoms with Crippen LogP contribution in [-0.2, 0) is 16.0 Å². The molecule has 0 unspecified atom stereocenters. The van der Waals surface area contributed by atoms with Gasteiger partial charge < -0.3 is 0 Å². The maximum atomic E-state index is 13.0. The molecule has 0 bridgehead atoms. The molecule has 4 aromatic rings. The van der Waals surface area contributed by atoms with Crippen molar-refractivity contribution in [1.82, 2.24) is 19.2 Å². The van der Waals surface area contributed by atoms with Gasteiger partial charge >= 0.3 is 11.9 Å². The number of hydrogen-bond acceptors (Lipinski definition) is 6. The first-order chi connectivity index (χ1) is 15.5. The van der Waals surface area contributed by atoms with Crippen molar-refractivity contribution in [2.75, 3.05) is 5.75 Å². The minimum absolute atomic E-state index is 0.106. The van der Waals surface area contributed by atoms with Crippen molar-refractivity contribution in [2.24, 2.45) is 0 Å². The highest BCUT2D eigenvalue weighted by atomic mass is 32.2. The van der Waals surface area contributed by atoms with Crippen LogP contribution in [0.15, 0.2) is 64.5 Å². The molecule has 0 radical (unpaired) electrons. The Labute approximate surface area is 185 Å². The zero-order valence-electron chi connectivity index (χ0n) is 16.9. The highest BCUT2D eigenvalue weighted by molar-refractivity contribution is 7.91. The number of benzene rings is 1. The molecule has 0 saturated heterocycles. The first kappa shape index (κ1) is 22.2. The third kappa shape index (κ3) is 3.98. The van der Waals surface area contributed by atoms with Crippen LogP contribution in [-0.4, -0.2) is 33.3 Å². The fraction of sp³-hybridized carbons (Fsp3) is 0.143. The second kappa shape index (κ2) is 7.86. The minimum atomic E-state index is -4.67. The lowest BCUT2D eigenvalue weighted by atomic mass is 10.1. The Morgan fingerprint density at radius 2 is 1.79 bits per heavy atom. The highest BCUT2D eigenvalue weighted by Crippen LogP contribution is 2.29. The largest absolute Gasteiger partial charge is 0.417 e. The Kier molecular flexibility index (Phi) is 5.29. The molecule has 0 saturated carbocycles. The molecule has 12 heteroatoms. The van der Waals surface area contributed by atoms with E-state index in [0.29, 0.717) is 32.0 Å². The van der Waals surface area contributed by atoms with Gasteiger partial charge in [-0.3, -0.25) is 0 Å². The molecule has 0 fully saturated rings. The third-order valence-electron chi connectivity index (χ3n) is 4.94. The zero-order chi connectivity index (χ0) is 24.0. The fourth-order valence-electron chi connectivity index (χ4n) is 3.16. The molecule has 0 amide bonds. The zero-order valence-corrected chi connectivity index (χ0v) is 17.7. The standard InChI is InChI=1S/C21H14F3N5O3S/c1-2-33(31,32)17-9-15(14-5-3-13(10-25)4-6-14)11-26-19(17)29-20(30)28-12-16(21(22,23)24)7-8-18(28)27-29/h3-9,11-12H,2H2,1H3. The first-order valence-electron chi connectivity index (χ1n) is 9.47. The lowest BCUT2D eigenvalue weighted by molar-refractivity contribution is -0.137.